The minimum absolute atomic E-state index is 0.232. The van der Waals surface area contributed by atoms with Crippen molar-refractivity contribution in [1.29, 1.82) is 0 Å². The molecule has 0 unspecified atom stereocenters. The largest absolute Gasteiger partial charge is 0.468 e. The van der Waals surface area contributed by atoms with E-state index >= 15 is 0 Å². The van der Waals surface area contributed by atoms with Crippen LogP contribution in [0.3, 0.4) is 0 Å². The van der Waals surface area contributed by atoms with Gasteiger partial charge in [0.2, 0.25) is 11.8 Å². The average Bonchev–Trinajstić information content (AvgIpc) is 3.49. The maximum atomic E-state index is 9.97. The molecular weight excluding hydrogens is 510 g/mol. The van der Waals surface area contributed by atoms with Gasteiger partial charge in [0.05, 0.1) is 31.3 Å². The van der Waals surface area contributed by atoms with Crippen molar-refractivity contribution in [2.75, 3.05) is 69.7 Å². The molecule has 2 aromatic rings. The smallest absolute Gasteiger partial charge is 0.237 e. The number of fused-ring (bicyclic) bond motifs is 1. The van der Waals surface area contributed by atoms with Crippen LogP contribution >= 0.6 is 11.6 Å². The van der Waals surface area contributed by atoms with Crippen LogP contribution in [-0.4, -0.2) is 120 Å². The Balaban J connectivity index is 1.07. The highest BCUT2D eigenvalue weighted by Crippen LogP contribution is 2.32. The summed E-state index contributed by atoms with van der Waals surface area (Å²) in [4.78, 5) is 21.0. The van der Waals surface area contributed by atoms with Crippen molar-refractivity contribution < 1.29 is 19.3 Å². The molecular formula is C26H36ClN7O4. The van der Waals surface area contributed by atoms with Gasteiger partial charge in [-0.05, 0) is 38.4 Å². The van der Waals surface area contributed by atoms with E-state index in [1.165, 1.54) is 32.1 Å². The minimum Gasteiger partial charge on any atom is -0.468 e. The normalized spacial score (nSPS) is 29.0. The van der Waals surface area contributed by atoms with Crippen LogP contribution in [0.15, 0.2) is 18.5 Å². The Bertz CT molecular complexity index is 1130. The van der Waals surface area contributed by atoms with Crippen molar-refractivity contribution in [3.8, 4) is 5.88 Å². The number of aliphatic hydroxyl groups is 1. The van der Waals surface area contributed by atoms with E-state index in [9.17, 15) is 5.11 Å². The molecule has 0 spiro atoms. The van der Waals surface area contributed by atoms with Gasteiger partial charge in [0.25, 0.3) is 0 Å². The van der Waals surface area contributed by atoms with Crippen LogP contribution in [0.2, 0.25) is 5.02 Å². The summed E-state index contributed by atoms with van der Waals surface area (Å²) < 4.78 is 17.3. The monoisotopic (exact) mass is 545 g/mol. The van der Waals surface area contributed by atoms with Gasteiger partial charge in [-0.3, -0.25) is 4.90 Å². The van der Waals surface area contributed by atoms with Crippen LogP contribution in [0, 0.1) is 6.92 Å². The molecule has 0 aliphatic carbocycles. The quantitative estimate of drug-likeness (QED) is 0.553. The lowest BCUT2D eigenvalue weighted by atomic mass is 10.0. The zero-order valence-corrected chi connectivity index (χ0v) is 22.7. The Hall–Kier alpha value is -2.28. The van der Waals surface area contributed by atoms with Gasteiger partial charge in [0.15, 0.2) is 6.10 Å². The molecule has 4 aliphatic heterocycles. The minimum atomic E-state index is -0.645. The maximum absolute atomic E-state index is 9.97. The number of piperidine rings is 1. The van der Waals surface area contributed by atoms with E-state index in [0.717, 1.165) is 43.2 Å². The number of aliphatic hydroxyl groups excluding tert-OH is 1. The average molecular weight is 546 g/mol. The number of hydrogen-bond acceptors (Lipinski definition) is 11. The third-order valence-electron chi connectivity index (χ3n) is 8.08. The van der Waals surface area contributed by atoms with Gasteiger partial charge in [-0.25, -0.2) is 9.97 Å². The number of nitrogens with one attached hydrogen (secondary N) is 1. The topological polar surface area (TPSA) is 108 Å². The molecule has 0 aromatic carbocycles. The molecule has 2 aromatic heterocycles. The summed E-state index contributed by atoms with van der Waals surface area (Å²) in [7, 11) is 2.21. The van der Waals surface area contributed by atoms with Gasteiger partial charge in [0, 0.05) is 45.3 Å². The number of anilines is 3. The van der Waals surface area contributed by atoms with Crippen molar-refractivity contribution in [1.82, 2.24) is 24.8 Å². The molecule has 0 saturated carbocycles. The third-order valence-corrected chi connectivity index (χ3v) is 8.34. The van der Waals surface area contributed by atoms with E-state index in [-0.39, 0.29) is 24.7 Å². The lowest BCUT2D eigenvalue weighted by molar-refractivity contribution is 0.00782. The summed E-state index contributed by atoms with van der Waals surface area (Å²) in [6.45, 7) is 9.32. The number of piperazine rings is 1. The number of aryl methyl sites for hydroxylation is 1. The van der Waals surface area contributed by atoms with E-state index in [1.54, 1.807) is 0 Å². The maximum Gasteiger partial charge on any atom is 0.237 e. The van der Waals surface area contributed by atoms with E-state index < -0.39 is 12.2 Å². The number of hydrogen-bond donors (Lipinski definition) is 2. The van der Waals surface area contributed by atoms with E-state index in [0.29, 0.717) is 23.6 Å². The number of ether oxygens (including phenoxy) is 3. The molecule has 206 valence electrons. The third kappa shape index (κ3) is 5.41. The van der Waals surface area contributed by atoms with Gasteiger partial charge >= 0.3 is 0 Å². The standard InChI is InChI=1S/C26H36ClN7O4/c1-16-11-17(12-28-24(16)34-5-3-18(4-6-34)33-9-7-32(2)8-10-33)30-26-29-13-19(27)25(31-26)38-21-15-37-22-20(35)14-36-23(21)22/h11-13,18,20-23,35H,3-10,14-15H2,1-2H3,(H,29,30,31)/t20-,21-,22-,23-/m1/s1. The Morgan fingerprint density at radius 3 is 2.55 bits per heavy atom. The van der Waals surface area contributed by atoms with Gasteiger partial charge in [0.1, 0.15) is 29.2 Å². The van der Waals surface area contributed by atoms with Crippen LogP contribution in [0.4, 0.5) is 17.5 Å². The molecule has 4 aliphatic rings. The number of rotatable bonds is 6. The van der Waals surface area contributed by atoms with Crippen molar-refractivity contribution in [2.24, 2.45) is 0 Å². The van der Waals surface area contributed by atoms with Crippen molar-refractivity contribution >= 4 is 29.1 Å². The molecule has 0 radical (unpaired) electrons. The van der Waals surface area contributed by atoms with Crippen molar-refractivity contribution in [3.63, 3.8) is 0 Å². The predicted octanol–water partition coefficient (Wildman–Crippen LogP) is 1.70. The second kappa shape index (κ2) is 11.1. The summed E-state index contributed by atoms with van der Waals surface area (Å²) in [6.07, 6.45) is 3.88. The second-order valence-electron chi connectivity index (χ2n) is 10.7. The molecule has 0 amide bonds. The highest BCUT2D eigenvalue weighted by molar-refractivity contribution is 6.31. The zero-order valence-electron chi connectivity index (χ0n) is 21.9. The second-order valence-corrected chi connectivity index (χ2v) is 11.1. The fourth-order valence-corrected chi connectivity index (χ4v) is 6.04. The number of halogens is 1. The zero-order chi connectivity index (χ0) is 26.2. The number of likely N-dealkylation sites (N-methyl/N-ethyl adjacent to an activating group) is 1. The summed E-state index contributed by atoms with van der Waals surface area (Å²) in [5, 5.41) is 13.5. The molecule has 4 saturated heterocycles. The van der Waals surface area contributed by atoms with Crippen molar-refractivity contribution in [3.05, 3.63) is 29.0 Å². The Morgan fingerprint density at radius 2 is 1.79 bits per heavy atom. The molecule has 4 fully saturated rings. The Kier molecular flexibility index (Phi) is 7.56. The van der Waals surface area contributed by atoms with Gasteiger partial charge in [-0.15, -0.1) is 0 Å². The first-order chi connectivity index (χ1) is 18.4. The molecule has 6 rings (SSSR count). The molecule has 4 atom stereocenters. The summed E-state index contributed by atoms with van der Waals surface area (Å²) in [5.41, 5.74) is 1.89. The molecule has 2 N–H and O–H groups in total. The fourth-order valence-electron chi connectivity index (χ4n) is 5.91. The van der Waals surface area contributed by atoms with Crippen molar-refractivity contribution in [2.45, 2.75) is 50.2 Å². The Labute approximate surface area is 228 Å². The van der Waals surface area contributed by atoms with Gasteiger partial charge in [-0.1, -0.05) is 11.6 Å². The van der Waals surface area contributed by atoms with Crippen LogP contribution < -0.4 is 15.0 Å². The van der Waals surface area contributed by atoms with Crippen LogP contribution in [0.1, 0.15) is 18.4 Å². The predicted molar refractivity (Wildman–Crippen MR) is 144 cm³/mol. The molecule has 12 heteroatoms. The molecule has 38 heavy (non-hydrogen) atoms. The highest BCUT2D eigenvalue weighted by atomic mass is 35.5. The molecule has 11 nitrogen and oxygen atoms in total. The van der Waals surface area contributed by atoms with E-state index in [2.05, 4.69) is 50.0 Å². The fraction of sp³-hybridized carbons (Fsp3) is 0.654. The van der Waals surface area contributed by atoms with Crippen LogP contribution in [0.25, 0.3) is 0 Å². The Morgan fingerprint density at radius 1 is 1.03 bits per heavy atom. The highest BCUT2D eigenvalue weighted by Gasteiger charge is 2.48. The molecule has 0 bridgehead atoms. The lowest BCUT2D eigenvalue weighted by Crippen LogP contribution is -2.52. The van der Waals surface area contributed by atoms with E-state index in [4.69, 9.17) is 30.8 Å². The number of aromatic nitrogens is 3. The van der Waals surface area contributed by atoms with E-state index in [1.807, 2.05) is 6.20 Å². The van der Waals surface area contributed by atoms with Gasteiger partial charge < -0.3 is 34.4 Å². The van der Waals surface area contributed by atoms with Crippen LogP contribution in [0.5, 0.6) is 5.88 Å². The SMILES string of the molecule is Cc1cc(Nc2ncc(Cl)c(O[C@@H]3CO[C@H]4[C@@H]3OC[C@H]4O)n2)cnc1N1CCC(N2CCN(C)CC2)CC1. The first kappa shape index (κ1) is 26.0. The first-order valence-corrected chi connectivity index (χ1v) is 13.8. The van der Waals surface area contributed by atoms with Gasteiger partial charge in [-0.2, -0.15) is 4.98 Å². The first-order valence-electron chi connectivity index (χ1n) is 13.5. The molecule has 6 heterocycles. The summed E-state index contributed by atoms with van der Waals surface area (Å²) >= 11 is 6.32. The number of nitrogens with zero attached hydrogens (tertiary/aromatic N) is 6. The lowest BCUT2D eigenvalue weighted by Gasteiger charge is -2.42. The number of pyridine rings is 1. The van der Waals surface area contributed by atoms with Crippen LogP contribution in [-0.2, 0) is 9.47 Å². The summed E-state index contributed by atoms with van der Waals surface area (Å²) in [5.74, 6) is 1.63. The summed E-state index contributed by atoms with van der Waals surface area (Å²) in [6, 6.07) is 2.74.